The van der Waals surface area contributed by atoms with Gasteiger partial charge in [0, 0.05) is 23.2 Å². The summed E-state index contributed by atoms with van der Waals surface area (Å²) in [5.41, 5.74) is 1.42. The molecule has 2 N–H and O–H groups in total. The summed E-state index contributed by atoms with van der Waals surface area (Å²) >= 11 is 2.85. The largest absolute Gasteiger partial charge is 0.325 e. The number of carbonyl (C=O) groups excluding carboxylic acids is 2. The Morgan fingerprint density at radius 1 is 1.14 bits per heavy atom. The van der Waals surface area contributed by atoms with Crippen molar-refractivity contribution in [2.24, 2.45) is 5.92 Å². The van der Waals surface area contributed by atoms with Gasteiger partial charge in [0.1, 0.15) is 5.82 Å². The molecule has 0 aliphatic heterocycles. The number of thioether (sulfide) groups is 1. The molecule has 3 rings (SSSR count). The van der Waals surface area contributed by atoms with Gasteiger partial charge in [0.05, 0.1) is 11.4 Å². The first-order valence-corrected chi connectivity index (χ1v) is 11.5. The van der Waals surface area contributed by atoms with Crippen LogP contribution in [0.2, 0.25) is 0 Å². The predicted molar refractivity (Wildman–Crippen MR) is 113 cm³/mol. The zero-order chi connectivity index (χ0) is 19.8. The van der Waals surface area contributed by atoms with Gasteiger partial charge in [-0.25, -0.2) is 9.37 Å². The number of aromatic nitrogens is 1. The van der Waals surface area contributed by atoms with Crippen molar-refractivity contribution in [2.75, 3.05) is 16.4 Å². The zero-order valence-corrected chi connectivity index (χ0v) is 17.2. The lowest BCUT2D eigenvalue weighted by molar-refractivity contribution is -0.116. The molecule has 0 bridgehead atoms. The van der Waals surface area contributed by atoms with E-state index in [2.05, 4.69) is 15.6 Å². The average molecular weight is 422 g/mol. The lowest BCUT2D eigenvalue weighted by Gasteiger charge is -2.07. The fraction of sp³-hybridized carbons (Fsp3) is 0.450. The summed E-state index contributed by atoms with van der Waals surface area (Å²) in [7, 11) is 0. The predicted octanol–water partition coefficient (Wildman–Crippen LogP) is 5.06. The highest BCUT2D eigenvalue weighted by atomic mass is 32.2. The molecule has 2 amide bonds. The van der Waals surface area contributed by atoms with E-state index in [0.29, 0.717) is 28.9 Å². The Hall–Kier alpha value is -1.93. The van der Waals surface area contributed by atoms with E-state index in [-0.39, 0.29) is 23.4 Å². The summed E-state index contributed by atoms with van der Waals surface area (Å²) in [5, 5.41) is 8.11. The summed E-state index contributed by atoms with van der Waals surface area (Å²) in [6.07, 6.45) is 6.60. The quantitative estimate of drug-likeness (QED) is 0.593. The molecule has 1 saturated carbocycles. The van der Waals surface area contributed by atoms with E-state index in [1.165, 1.54) is 73.0 Å². The summed E-state index contributed by atoms with van der Waals surface area (Å²) in [6.45, 7) is 0. The van der Waals surface area contributed by atoms with E-state index >= 15 is 0 Å². The Balaban J connectivity index is 1.34. The van der Waals surface area contributed by atoms with E-state index < -0.39 is 0 Å². The molecule has 28 heavy (non-hydrogen) atoms. The molecule has 150 valence electrons. The van der Waals surface area contributed by atoms with Crippen LogP contribution in [0.4, 0.5) is 15.2 Å². The number of amides is 2. The molecular weight excluding hydrogens is 397 g/mol. The highest BCUT2D eigenvalue weighted by Crippen LogP contribution is 2.28. The van der Waals surface area contributed by atoms with Gasteiger partial charge in [-0.15, -0.1) is 23.1 Å². The monoisotopic (exact) mass is 421 g/mol. The number of halogens is 1. The average Bonchev–Trinajstić information content (AvgIpc) is 3.34. The molecule has 1 aromatic carbocycles. The number of thiazole rings is 1. The van der Waals surface area contributed by atoms with Gasteiger partial charge >= 0.3 is 0 Å². The van der Waals surface area contributed by atoms with E-state index in [4.69, 9.17) is 0 Å². The fourth-order valence-electron chi connectivity index (χ4n) is 3.23. The lowest BCUT2D eigenvalue weighted by Crippen LogP contribution is -2.14. The number of hydrogen-bond acceptors (Lipinski definition) is 5. The molecule has 0 radical (unpaired) electrons. The van der Waals surface area contributed by atoms with Gasteiger partial charge in [0.15, 0.2) is 5.13 Å². The SMILES string of the molecule is O=C(CSCc1csc(NC(=O)CCC2CCCC2)n1)Nc1ccc(F)cc1. The molecule has 5 nitrogen and oxygen atoms in total. The first kappa shape index (κ1) is 20.8. The molecule has 1 heterocycles. The molecule has 1 fully saturated rings. The molecule has 1 aromatic heterocycles. The first-order chi connectivity index (χ1) is 13.6. The van der Waals surface area contributed by atoms with Crippen molar-refractivity contribution in [2.45, 2.75) is 44.3 Å². The third-order valence-electron chi connectivity index (χ3n) is 4.66. The third kappa shape index (κ3) is 6.91. The smallest absolute Gasteiger partial charge is 0.234 e. The Labute approximate surface area is 172 Å². The molecular formula is C20H24FN3O2S2. The minimum Gasteiger partial charge on any atom is -0.325 e. The summed E-state index contributed by atoms with van der Waals surface area (Å²) in [4.78, 5) is 28.4. The molecule has 8 heteroatoms. The number of nitrogens with one attached hydrogen (secondary N) is 2. The highest BCUT2D eigenvalue weighted by Gasteiger charge is 2.16. The Bertz CT molecular complexity index is 789. The topological polar surface area (TPSA) is 71.1 Å². The minimum atomic E-state index is -0.336. The van der Waals surface area contributed by atoms with E-state index in [9.17, 15) is 14.0 Å². The number of nitrogens with zero attached hydrogens (tertiary/aromatic N) is 1. The number of anilines is 2. The molecule has 0 atom stereocenters. The Morgan fingerprint density at radius 2 is 1.89 bits per heavy atom. The maximum atomic E-state index is 12.9. The van der Waals surface area contributed by atoms with Crippen LogP contribution in [-0.2, 0) is 15.3 Å². The second-order valence-electron chi connectivity index (χ2n) is 6.93. The molecule has 0 saturated heterocycles. The van der Waals surface area contributed by atoms with Crippen LogP contribution in [-0.4, -0.2) is 22.6 Å². The second-order valence-corrected chi connectivity index (χ2v) is 8.77. The maximum Gasteiger partial charge on any atom is 0.234 e. The van der Waals surface area contributed by atoms with Crippen LogP contribution in [0.5, 0.6) is 0 Å². The number of rotatable bonds is 9. The molecule has 1 aliphatic carbocycles. The van der Waals surface area contributed by atoms with Gasteiger partial charge in [-0.3, -0.25) is 9.59 Å². The van der Waals surface area contributed by atoms with Crippen LogP contribution < -0.4 is 10.6 Å². The molecule has 0 unspecified atom stereocenters. The van der Waals surface area contributed by atoms with Crippen LogP contribution in [0.3, 0.4) is 0 Å². The van der Waals surface area contributed by atoms with Crippen molar-refractivity contribution >= 4 is 45.7 Å². The summed E-state index contributed by atoms with van der Waals surface area (Å²) in [6, 6.07) is 5.67. The van der Waals surface area contributed by atoms with Crippen molar-refractivity contribution in [3.8, 4) is 0 Å². The normalized spacial score (nSPS) is 14.2. The van der Waals surface area contributed by atoms with Crippen LogP contribution in [0.25, 0.3) is 0 Å². The van der Waals surface area contributed by atoms with E-state index in [0.717, 1.165) is 12.1 Å². The van der Waals surface area contributed by atoms with Gasteiger partial charge in [-0.05, 0) is 36.6 Å². The van der Waals surface area contributed by atoms with Gasteiger partial charge < -0.3 is 10.6 Å². The number of carbonyl (C=O) groups is 2. The van der Waals surface area contributed by atoms with Crippen LogP contribution in [0.15, 0.2) is 29.6 Å². The number of hydrogen-bond donors (Lipinski definition) is 2. The third-order valence-corrected chi connectivity index (χ3v) is 6.44. The van der Waals surface area contributed by atoms with Gasteiger partial charge in [0.2, 0.25) is 11.8 Å². The van der Waals surface area contributed by atoms with Crippen molar-refractivity contribution < 1.29 is 14.0 Å². The van der Waals surface area contributed by atoms with Crippen molar-refractivity contribution in [3.05, 3.63) is 41.2 Å². The fourth-order valence-corrected chi connectivity index (χ4v) is 4.77. The maximum absolute atomic E-state index is 12.9. The second kappa shape index (κ2) is 10.6. The van der Waals surface area contributed by atoms with Crippen LogP contribution >= 0.6 is 23.1 Å². The Morgan fingerprint density at radius 3 is 2.64 bits per heavy atom. The molecule has 0 spiro atoms. The van der Waals surface area contributed by atoms with Gasteiger partial charge in [-0.2, -0.15) is 0 Å². The van der Waals surface area contributed by atoms with Crippen molar-refractivity contribution in [3.63, 3.8) is 0 Å². The van der Waals surface area contributed by atoms with E-state index in [1.807, 2.05) is 5.38 Å². The lowest BCUT2D eigenvalue weighted by atomic mass is 10.0. The standard InChI is InChI=1S/C20H24FN3O2S2/c21-15-6-8-16(9-7-15)22-19(26)13-27-11-17-12-28-20(23-17)24-18(25)10-5-14-3-1-2-4-14/h6-9,12,14H,1-5,10-11,13H2,(H,22,26)(H,23,24,25). The van der Waals surface area contributed by atoms with Gasteiger partial charge in [-0.1, -0.05) is 25.7 Å². The van der Waals surface area contributed by atoms with Crippen LogP contribution in [0.1, 0.15) is 44.2 Å². The zero-order valence-electron chi connectivity index (χ0n) is 15.6. The Kier molecular flexibility index (Phi) is 7.85. The molecule has 1 aliphatic rings. The van der Waals surface area contributed by atoms with E-state index in [1.54, 1.807) is 0 Å². The molecule has 2 aromatic rings. The van der Waals surface area contributed by atoms with Crippen molar-refractivity contribution in [1.29, 1.82) is 0 Å². The first-order valence-electron chi connectivity index (χ1n) is 9.46. The summed E-state index contributed by atoms with van der Waals surface area (Å²) < 4.78 is 12.9. The summed E-state index contributed by atoms with van der Waals surface area (Å²) in [5.74, 6) is 1.11. The van der Waals surface area contributed by atoms with Crippen molar-refractivity contribution in [1.82, 2.24) is 4.98 Å². The highest BCUT2D eigenvalue weighted by molar-refractivity contribution is 7.99. The van der Waals surface area contributed by atoms with Gasteiger partial charge in [0.25, 0.3) is 0 Å². The van der Waals surface area contributed by atoms with Crippen LogP contribution in [0, 0.1) is 11.7 Å². The number of benzene rings is 1. The minimum absolute atomic E-state index is 0.0270.